The number of hydrogen-bond acceptors (Lipinski definition) is 2. The van der Waals surface area contributed by atoms with E-state index in [1.54, 1.807) is 0 Å². The molecular formula is C15H30N2. The summed E-state index contributed by atoms with van der Waals surface area (Å²) in [6.07, 6.45) is 10.2. The van der Waals surface area contributed by atoms with Gasteiger partial charge in [-0.05, 0) is 71.1 Å². The molecule has 2 nitrogen and oxygen atoms in total. The molecule has 0 bridgehead atoms. The van der Waals surface area contributed by atoms with Gasteiger partial charge in [0, 0.05) is 6.04 Å². The highest BCUT2D eigenvalue weighted by Crippen LogP contribution is 2.30. The Balaban J connectivity index is 1.75. The standard InChI is InChI=1S/C15H30N2/c1-13(15-6-4-3-5-7-15)17-10-8-14(9-11-17)12-16-2/h13-16H,3-12H2,1-2H3. The monoisotopic (exact) mass is 238 g/mol. The molecule has 17 heavy (non-hydrogen) atoms. The van der Waals surface area contributed by atoms with E-state index in [1.807, 2.05) is 0 Å². The van der Waals surface area contributed by atoms with Crippen molar-refractivity contribution in [2.24, 2.45) is 11.8 Å². The van der Waals surface area contributed by atoms with Crippen molar-refractivity contribution in [3.63, 3.8) is 0 Å². The number of nitrogens with one attached hydrogen (secondary N) is 1. The first-order valence-electron chi connectivity index (χ1n) is 7.70. The van der Waals surface area contributed by atoms with Crippen LogP contribution in [0, 0.1) is 11.8 Å². The van der Waals surface area contributed by atoms with Crippen LogP contribution in [-0.4, -0.2) is 37.6 Å². The SMILES string of the molecule is CNCC1CCN(C(C)C2CCCCC2)CC1. The lowest BCUT2D eigenvalue weighted by atomic mass is 9.83. The first-order valence-corrected chi connectivity index (χ1v) is 7.70. The first-order chi connectivity index (χ1) is 8.31. The smallest absolute Gasteiger partial charge is 0.00951 e. The van der Waals surface area contributed by atoms with Crippen molar-refractivity contribution in [1.29, 1.82) is 0 Å². The van der Waals surface area contributed by atoms with E-state index in [0.29, 0.717) is 0 Å². The molecule has 100 valence electrons. The van der Waals surface area contributed by atoms with Gasteiger partial charge in [-0.1, -0.05) is 19.3 Å². The average Bonchev–Trinajstić information content (AvgIpc) is 2.40. The second-order valence-corrected chi connectivity index (χ2v) is 6.18. The minimum atomic E-state index is 0.839. The van der Waals surface area contributed by atoms with Crippen LogP contribution < -0.4 is 5.32 Å². The molecule has 2 fully saturated rings. The molecule has 1 heterocycles. The van der Waals surface area contributed by atoms with Crippen molar-refractivity contribution in [2.45, 2.75) is 57.9 Å². The zero-order valence-electron chi connectivity index (χ0n) is 11.8. The molecule has 0 radical (unpaired) electrons. The van der Waals surface area contributed by atoms with Gasteiger partial charge in [0.05, 0.1) is 0 Å². The van der Waals surface area contributed by atoms with Crippen LogP contribution in [0.4, 0.5) is 0 Å². The lowest BCUT2D eigenvalue weighted by Gasteiger charge is -2.40. The van der Waals surface area contributed by atoms with Gasteiger partial charge < -0.3 is 10.2 Å². The molecule has 1 saturated carbocycles. The summed E-state index contributed by atoms with van der Waals surface area (Å²) in [5.74, 6) is 1.92. The number of likely N-dealkylation sites (tertiary alicyclic amines) is 1. The molecule has 2 rings (SSSR count). The number of hydrogen-bond donors (Lipinski definition) is 1. The van der Waals surface area contributed by atoms with Crippen LogP contribution in [-0.2, 0) is 0 Å². The van der Waals surface area contributed by atoms with Crippen molar-refractivity contribution in [3.8, 4) is 0 Å². The number of piperidine rings is 1. The Bertz CT molecular complexity index is 203. The summed E-state index contributed by atoms with van der Waals surface area (Å²) in [7, 11) is 2.08. The predicted octanol–water partition coefficient (Wildman–Crippen LogP) is 2.89. The highest BCUT2D eigenvalue weighted by molar-refractivity contribution is 4.82. The topological polar surface area (TPSA) is 15.3 Å². The molecule has 1 atom stereocenters. The van der Waals surface area contributed by atoms with Crippen molar-refractivity contribution in [3.05, 3.63) is 0 Å². The third-order valence-electron chi connectivity index (χ3n) is 5.05. The molecule has 1 saturated heterocycles. The number of nitrogens with zero attached hydrogens (tertiary/aromatic N) is 1. The van der Waals surface area contributed by atoms with Gasteiger partial charge in [-0.25, -0.2) is 0 Å². The summed E-state index contributed by atoms with van der Waals surface area (Å²) >= 11 is 0. The molecular weight excluding hydrogens is 208 g/mol. The van der Waals surface area contributed by atoms with Crippen LogP contribution in [0.3, 0.4) is 0 Å². The first kappa shape index (κ1) is 13.4. The van der Waals surface area contributed by atoms with E-state index in [2.05, 4.69) is 24.2 Å². The van der Waals surface area contributed by atoms with Crippen LogP contribution >= 0.6 is 0 Å². The van der Waals surface area contributed by atoms with Gasteiger partial charge in [0.25, 0.3) is 0 Å². The van der Waals surface area contributed by atoms with Gasteiger partial charge in [0.2, 0.25) is 0 Å². The van der Waals surface area contributed by atoms with E-state index in [4.69, 9.17) is 0 Å². The van der Waals surface area contributed by atoms with Crippen LogP contribution in [0.1, 0.15) is 51.9 Å². The van der Waals surface area contributed by atoms with Gasteiger partial charge in [0.1, 0.15) is 0 Å². The number of rotatable bonds is 4. The third kappa shape index (κ3) is 3.69. The van der Waals surface area contributed by atoms with Gasteiger partial charge in [-0.2, -0.15) is 0 Å². The van der Waals surface area contributed by atoms with E-state index in [1.165, 1.54) is 64.6 Å². The minimum Gasteiger partial charge on any atom is -0.319 e. The van der Waals surface area contributed by atoms with Crippen molar-refractivity contribution in [1.82, 2.24) is 10.2 Å². The van der Waals surface area contributed by atoms with Gasteiger partial charge in [-0.15, -0.1) is 0 Å². The van der Waals surface area contributed by atoms with E-state index < -0.39 is 0 Å². The fraction of sp³-hybridized carbons (Fsp3) is 1.00. The molecule has 1 aliphatic carbocycles. The minimum absolute atomic E-state index is 0.839. The Hall–Kier alpha value is -0.0800. The van der Waals surface area contributed by atoms with Gasteiger partial charge in [0.15, 0.2) is 0 Å². The lowest BCUT2D eigenvalue weighted by Crippen LogP contribution is -2.45. The van der Waals surface area contributed by atoms with E-state index in [9.17, 15) is 0 Å². The van der Waals surface area contributed by atoms with Crippen LogP contribution in [0.15, 0.2) is 0 Å². The Morgan fingerprint density at radius 2 is 1.71 bits per heavy atom. The Labute approximate surface area is 107 Å². The van der Waals surface area contributed by atoms with E-state index in [-0.39, 0.29) is 0 Å². The second kappa shape index (κ2) is 6.75. The second-order valence-electron chi connectivity index (χ2n) is 6.18. The van der Waals surface area contributed by atoms with E-state index >= 15 is 0 Å². The summed E-state index contributed by atoms with van der Waals surface area (Å²) < 4.78 is 0. The summed E-state index contributed by atoms with van der Waals surface area (Å²) in [6.45, 7) is 6.37. The van der Waals surface area contributed by atoms with E-state index in [0.717, 1.165) is 17.9 Å². The molecule has 0 aromatic heterocycles. The highest BCUT2D eigenvalue weighted by Gasteiger charge is 2.28. The molecule has 0 aromatic carbocycles. The molecule has 1 aliphatic heterocycles. The Kier molecular flexibility index (Phi) is 5.30. The van der Waals surface area contributed by atoms with Gasteiger partial charge in [-0.3, -0.25) is 0 Å². The summed E-state index contributed by atoms with van der Waals surface area (Å²) in [4.78, 5) is 2.77. The molecule has 2 heteroatoms. The zero-order valence-corrected chi connectivity index (χ0v) is 11.8. The summed E-state index contributed by atoms with van der Waals surface area (Å²) in [5, 5.41) is 3.33. The Morgan fingerprint density at radius 1 is 1.06 bits per heavy atom. The summed E-state index contributed by atoms with van der Waals surface area (Å²) in [6, 6.07) is 0.839. The van der Waals surface area contributed by atoms with Crippen LogP contribution in [0.2, 0.25) is 0 Å². The predicted molar refractivity (Wildman–Crippen MR) is 74.3 cm³/mol. The molecule has 0 amide bonds. The molecule has 1 N–H and O–H groups in total. The fourth-order valence-electron chi connectivity index (χ4n) is 3.77. The van der Waals surface area contributed by atoms with Crippen molar-refractivity contribution < 1.29 is 0 Å². The Morgan fingerprint density at radius 3 is 2.29 bits per heavy atom. The largest absolute Gasteiger partial charge is 0.319 e. The maximum Gasteiger partial charge on any atom is 0.00951 e. The quantitative estimate of drug-likeness (QED) is 0.810. The zero-order chi connectivity index (χ0) is 12.1. The molecule has 0 aromatic rings. The molecule has 0 spiro atoms. The lowest BCUT2D eigenvalue weighted by molar-refractivity contribution is 0.0897. The van der Waals surface area contributed by atoms with Crippen LogP contribution in [0.25, 0.3) is 0 Å². The van der Waals surface area contributed by atoms with Gasteiger partial charge >= 0.3 is 0 Å². The van der Waals surface area contributed by atoms with Crippen molar-refractivity contribution in [2.75, 3.05) is 26.7 Å². The molecule has 2 aliphatic rings. The normalized spacial score (nSPS) is 27.2. The third-order valence-corrected chi connectivity index (χ3v) is 5.05. The fourth-order valence-corrected chi connectivity index (χ4v) is 3.77. The maximum atomic E-state index is 3.33. The average molecular weight is 238 g/mol. The van der Waals surface area contributed by atoms with Crippen LogP contribution in [0.5, 0.6) is 0 Å². The summed E-state index contributed by atoms with van der Waals surface area (Å²) in [5.41, 5.74) is 0. The highest BCUT2D eigenvalue weighted by atomic mass is 15.2. The maximum absolute atomic E-state index is 3.33. The molecule has 1 unspecified atom stereocenters. The van der Waals surface area contributed by atoms with Crippen molar-refractivity contribution >= 4 is 0 Å².